The lowest BCUT2D eigenvalue weighted by molar-refractivity contribution is -0.265. The van der Waals surface area contributed by atoms with Gasteiger partial charge in [-0.3, -0.25) is 4.79 Å². The number of hydrogen-bond acceptors (Lipinski definition) is 7. The normalized spacial score (nSPS) is 14.1. The fraction of sp³-hybridized carbons (Fsp3) is 0.400. The van der Waals surface area contributed by atoms with E-state index in [1.165, 1.54) is 50.4 Å². The Morgan fingerprint density at radius 3 is 2.37 bits per heavy atom. The molecule has 43 heavy (non-hydrogen) atoms. The minimum atomic E-state index is -5.28. The molecule has 3 rings (SSSR count). The predicted molar refractivity (Wildman–Crippen MR) is 154 cm³/mol. The molecule has 0 bridgehead atoms. The van der Waals surface area contributed by atoms with Crippen molar-refractivity contribution < 1.29 is 42.0 Å². The second-order valence-corrected chi connectivity index (χ2v) is 10.9. The van der Waals surface area contributed by atoms with Crippen LogP contribution in [0.15, 0.2) is 48.5 Å². The first-order valence-electron chi connectivity index (χ1n) is 13.3. The summed E-state index contributed by atoms with van der Waals surface area (Å²) in [5.74, 6) is -1.33. The Balaban J connectivity index is 2.04. The van der Waals surface area contributed by atoms with Crippen molar-refractivity contribution >= 4 is 17.5 Å². The largest absolute Gasteiger partial charge is 0.493 e. The number of halogens is 5. The van der Waals surface area contributed by atoms with Crippen molar-refractivity contribution in [3.05, 3.63) is 76.2 Å². The Bertz CT molecular complexity index is 1450. The van der Waals surface area contributed by atoms with E-state index in [4.69, 9.17) is 21.1 Å². The summed E-state index contributed by atoms with van der Waals surface area (Å²) in [7, 11) is 1.31. The van der Waals surface area contributed by atoms with Crippen LogP contribution in [0.3, 0.4) is 0 Å². The van der Waals surface area contributed by atoms with Gasteiger partial charge in [0, 0.05) is 16.7 Å². The molecule has 1 amide bonds. The maximum atomic E-state index is 14.6. The minimum Gasteiger partial charge on any atom is -0.493 e. The Kier molecular flexibility index (Phi) is 10.7. The highest BCUT2D eigenvalue weighted by Crippen LogP contribution is 2.40. The van der Waals surface area contributed by atoms with Gasteiger partial charge in [0.2, 0.25) is 5.60 Å². The summed E-state index contributed by atoms with van der Waals surface area (Å²) < 4.78 is 68.3. The van der Waals surface area contributed by atoms with Gasteiger partial charge in [-0.2, -0.15) is 13.2 Å². The second kappa shape index (κ2) is 13.5. The third-order valence-electron chi connectivity index (χ3n) is 6.68. The molecule has 8 nitrogen and oxygen atoms in total. The first-order chi connectivity index (χ1) is 20.0. The zero-order valence-electron chi connectivity index (χ0n) is 24.3. The number of hydrogen-bond donors (Lipinski definition) is 4. The van der Waals surface area contributed by atoms with Crippen LogP contribution < -0.4 is 20.1 Å². The van der Waals surface area contributed by atoms with Gasteiger partial charge in [-0.15, -0.1) is 0 Å². The van der Waals surface area contributed by atoms with Crippen LogP contribution >= 0.6 is 11.6 Å². The lowest BCUT2D eigenvalue weighted by atomic mass is 9.88. The van der Waals surface area contributed by atoms with E-state index < -0.39 is 47.4 Å². The van der Waals surface area contributed by atoms with Gasteiger partial charge in [-0.1, -0.05) is 18.5 Å². The summed E-state index contributed by atoms with van der Waals surface area (Å²) in [4.78, 5) is 17.1. The summed E-state index contributed by atoms with van der Waals surface area (Å²) in [6, 6.07) is 10.2. The molecule has 0 aliphatic heterocycles. The van der Waals surface area contributed by atoms with Crippen LogP contribution in [0.5, 0.6) is 11.5 Å². The molecule has 1 heterocycles. The smallest absolute Gasteiger partial charge is 0.424 e. The zero-order valence-corrected chi connectivity index (χ0v) is 25.0. The second-order valence-electron chi connectivity index (χ2n) is 10.5. The zero-order chi connectivity index (χ0) is 32.2. The summed E-state index contributed by atoms with van der Waals surface area (Å²) in [5, 5.41) is 25.7. The van der Waals surface area contributed by atoms with Gasteiger partial charge in [0.25, 0.3) is 5.91 Å². The number of alkyl halides is 3. The molecule has 1 unspecified atom stereocenters. The number of aliphatic hydroxyl groups excluding tert-OH is 1. The number of nitrogens with one attached hydrogen (secondary N) is 2. The van der Waals surface area contributed by atoms with Crippen molar-refractivity contribution in [3.8, 4) is 22.8 Å². The number of carbonyl (C=O) groups is 1. The van der Waals surface area contributed by atoms with E-state index in [1.54, 1.807) is 13.8 Å². The number of ether oxygens (including phenoxy) is 2. The molecule has 1 aromatic heterocycles. The topological polar surface area (TPSA) is 113 Å². The van der Waals surface area contributed by atoms with Gasteiger partial charge in [-0.05, 0) is 81.4 Å². The third-order valence-corrected chi connectivity index (χ3v) is 6.97. The summed E-state index contributed by atoms with van der Waals surface area (Å²) in [6.07, 6.45) is -6.05. The summed E-state index contributed by atoms with van der Waals surface area (Å²) in [6.45, 7) is 5.98. The van der Waals surface area contributed by atoms with Crippen molar-refractivity contribution in [2.24, 2.45) is 0 Å². The number of aromatic nitrogens is 1. The number of benzene rings is 2. The van der Waals surface area contributed by atoms with Gasteiger partial charge in [0.1, 0.15) is 12.4 Å². The minimum absolute atomic E-state index is 0.00639. The molecule has 0 fully saturated rings. The Morgan fingerprint density at radius 1 is 1.09 bits per heavy atom. The fourth-order valence-electron chi connectivity index (χ4n) is 4.24. The lowest BCUT2D eigenvalue weighted by Gasteiger charge is -2.33. The van der Waals surface area contributed by atoms with Crippen LogP contribution in [0.25, 0.3) is 11.3 Å². The molecule has 0 aliphatic carbocycles. The van der Waals surface area contributed by atoms with E-state index in [0.29, 0.717) is 12.1 Å². The van der Waals surface area contributed by atoms with Crippen molar-refractivity contribution in [2.75, 3.05) is 26.8 Å². The van der Waals surface area contributed by atoms with E-state index in [9.17, 15) is 32.6 Å². The van der Waals surface area contributed by atoms with E-state index >= 15 is 0 Å². The standard InChI is InChI=1S/C30H34ClF4N3O5/c1-6-37-28(3,4)20-13-23(18-7-9-22(32)21(31)11-18)38-26(14-20)29(41,30(33,34)35)16-36-27(40)19-8-10-24(25(12-19)42-5)43-15-17(2)39/h7-14,17,37,39,41H,6,15-16H2,1-5H3,(H,36,40)/t17-,29?/m0/s1. The van der Waals surface area contributed by atoms with Crippen molar-refractivity contribution in [2.45, 2.75) is 51.1 Å². The monoisotopic (exact) mass is 627 g/mol. The van der Waals surface area contributed by atoms with Crippen molar-refractivity contribution in [1.29, 1.82) is 0 Å². The predicted octanol–water partition coefficient (Wildman–Crippen LogP) is 5.33. The molecular weight excluding hydrogens is 594 g/mol. The number of rotatable bonds is 12. The summed E-state index contributed by atoms with van der Waals surface area (Å²) >= 11 is 5.93. The highest BCUT2D eigenvalue weighted by atomic mass is 35.5. The first-order valence-corrected chi connectivity index (χ1v) is 13.7. The van der Waals surface area contributed by atoms with Crippen LogP contribution in [-0.2, 0) is 11.1 Å². The number of carbonyl (C=O) groups excluding carboxylic acids is 1. The molecule has 0 spiro atoms. The van der Waals surface area contributed by atoms with Crippen molar-refractivity contribution in [1.82, 2.24) is 15.6 Å². The Morgan fingerprint density at radius 2 is 1.79 bits per heavy atom. The van der Waals surface area contributed by atoms with E-state index in [1.807, 2.05) is 6.92 Å². The van der Waals surface area contributed by atoms with Crippen LogP contribution in [0.4, 0.5) is 17.6 Å². The Hall–Kier alpha value is -3.45. The fourth-order valence-corrected chi connectivity index (χ4v) is 4.42. The lowest BCUT2D eigenvalue weighted by Crippen LogP contribution is -2.52. The first kappa shape index (κ1) is 34.0. The highest BCUT2D eigenvalue weighted by Gasteiger charge is 2.56. The van der Waals surface area contributed by atoms with Gasteiger partial charge in [-0.25, -0.2) is 9.37 Å². The summed E-state index contributed by atoms with van der Waals surface area (Å²) in [5.41, 5.74) is -4.76. The molecule has 0 aliphatic rings. The molecule has 0 saturated heterocycles. The molecule has 0 saturated carbocycles. The van der Waals surface area contributed by atoms with Gasteiger partial charge in [0.05, 0.1) is 36.2 Å². The molecule has 0 radical (unpaired) electrons. The van der Waals surface area contributed by atoms with Crippen molar-refractivity contribution in [3.63, 3.8) is 0 Å². The number of methoxy groups -OCH3 is 1. The number of pyridine rings is 1. The SMILES string of the molecule is CCNC(C)(C)c1cc(-c2ccc(F)c(Cl)c2)nc(C(O)(CNC(=O)c2ccc(OC[C@H](C)O)c(OC)c2)C(F)(F)F)c1. The maximum absolute atomic E-state index is 14.6. The average Bonchev–Trinajstić information content (AvgIpc) is 2.94. The third kappa shape index (κ3) is 7.94. The molecular formula is C30H34ClF4N3O5. The van der Waals surface area contributed by atoms with Crippen LogP contribution in [0.2, 0.25) is 5.02 Å². The molecule has 2 aromatic carbocycles. The van der Waals surface area contributed by atoms with Crippen LogP contribution in [0.1, 0.15) is 49.3 Å². The number of nitrogens with zero attached hydrogens (tertiary/aromatic N) is 1. The average molecular weight is 628 g/mol. The Labute approximate surface area is 252 Å². The molecule has 13 heteroatoms. The number of aliphatic hydroxyl groups is 2. The van der Waals surface area contributed by atoms with Crippen LogP contribution in [0, 0.1) is 5.82 Å². The van der Waals surface area contributed by atoms with E-state index in [2.05, 4.69) is 15.6 Å². The van der Waals surface area contributed by atoms with Gasteiger partial charge < -0.3 is 30.3 Å². The molecule has 4 N–H and O–H groups in total. The van der Waals surface area contributed by atoms with E-state index in [0.717, 1.165) is 12.1 Å². The van der Waals surface area contributed by atoms with Crippen LogP contribution in [-0.4, -0.2) is 60.2 Å². The molecule has 3 aromatic rings. The van der Waals surface area contributed by atoms with E-state index in [-0.39, 0.29) is 39.9 Å². The van der Waals surface area contributed by atoms with Gasteiger partial charge in [0.15, 0.2) is 11.5 Å². The quantitative estimate of drug-likeness (QED) is 0.201. The highest BCUT2D eigenvalue weighted by molar-refractivity contribution is 6.31. The number of amides is 1. The molecule has 234 valence electrons. The van der Waals surface area contributed by atoms with Gasteiger partial charge >= 0.3 is 6.18 Å². The maximum Gasteiger partial charge on any atom is 0.424 e. The molecule has 2 atom stereocenters.